The van der Waals surface area contributed by atoms with Gasteiger partial charge < -0.3 is 29.3 Å². The van der Waals surface area contributed by atoms with Crippen LogP contribution in [-0.2, 0) is 23.7 Å². The zero-order valence-corrected chi connectivity index (χ0v) is 36.8. The SMILES string of the molecule is C=C[C@@H]1C[C@]1(CC(=O)CC1C[C@@H](Oc2cc(-c3csc(NC(C)C)n3)nc3cc(OC)ccc23)CN1C(=O)[C@@H](CC(=O)OC1CCCC1)C(C)(C)C)P(=O)(O)CCC. The molecular formula is C44H61N4O8PS. The predicted molar refractivity (Wildman–Crippen MR) is 229 cm³/mol. The third-order valence-electron chi connectivity index (χ3n) is 12.0. The van der Waals surface area contributed by atoms with E-state index < -0.39 is 36.0 Å². The molecule has 58 heavy (non-hydrogen) atoms. The summed E-state index contributed by atoms with van der Waals surface area (Å²) in [5.41, 5.74) is 1.35. The fourth-order valence-electron chi connectivity index (χ4n) is 8.76. The van der Waals surface area contributed by atoms with Gasteiger partial charge in [-0.15, -0.1) is 17.9 Å². The number of nitrogens with one attached hydrogen (secondary N) is 1. The number of benzene rings is 1. The highest BCUT2D eigenvalue weighted by atomic mass is 32.1. The van der Waals surface area contributed by atoms with Crippen molar-refractivity contribution < 1.29 is 38.1 Å². The number of thiazole rings is 1. The first-order chi connectivity index (χ1) is 27.5. The van der Waals surface area contributed by atoms with E-state index in [9.17, 15) is 23.8 Å². The molecular weight excluding hydrogens is 776 g/mol. The van der Waals surface area contributed by atoms with E-state index in [4.69, 9.17) is 24.2 Å². The van der Waals surface area contributed by atoms with Crippen LogP contribution in [0.5, 0.6) is 11.5 Å². The fraction of sp³-hybridized carbons (Fsp3) is 0.614. The van der Waals surface area contributed by atoms with Crippen LogP contribution >= 0.6 is 18.7 Å². The maximum atomic E-state index is 14.8. The number of nitrogens with zero attached hydrogens (tertiary/aromatic N) is 3. The normalized spacial score (nSPS) is 23.7. The van der Waals surface area contributed by atoms with Gasteiger partial charge in [0, 0.05) is 60.4 Å². The van der Waals surface area contributed by atoms with E-state index in [2.05, 4.69) is 25.7 Å². The summed E-state index contributed by atoms with van der Waals surface area (Å²) in [7, 11) is -2.05. The van der Waals surface area contributed by atoms with Gasteiger partial charge in [-0.1, -0.05) is 33.8 Å². The number of fused-ring (bicyclic) bond motifs is 1. The Labute approximate surface area is 347 Å². The van der Waals surface area contributed by atoms with Gasteiger partial charge in [-0.25, -0.2) is 9.97 Å². The van der Waals surface area contributed by atoms with Crippen molar-refractivity contribution in [2.75, 3.05) is 25.1 Å². The Balaban J connectivity index is 1.31. The van der Waals surface area contributed by atoms with Crippen molar-refractivity contribution in [1.82, 2.24) is 14.9 Å². The summed E-state index contributed by atoms with van der Waals surface area (Å²) >= 11 is 1.49. The number of esters is 1. The lowest BCUT2D eigenvalue weighted by Crippen LogP contribution is -2.46. The lowest BCUT2D eigenvalue weighted by Gasteiger charge is -2.35. The number of rotatable bonds is 18. The second-order valence-electron chi connectivity index (χ2n) is 17.9. The molecule has 1 saturated heterocycles. The Morgan fingerprint density at radius 3 is 2.52 bits per heavy atom. The molecule has 6 atom stereocenters. The monoisotopic (exact) mass is 836 g/mol. The van der Waals surface area contributed by atoms with Gasteiger partial charge in [0.1, 0.15) is 35.2 Å². The van der Waals surface area contributed by atoms with Crippen molar-refractivity contribution >= 4 is 52.4 Å². The number of anilines is 1. The van der Waals surface area contributed by atoms with Crippen LogP contribution in [0.15, 0.2) is 42.3 Å². The van der Waals surface area contributed by atoms with Crippen LogP contribution in [0.4, 0.5) is 5.13 Å². The van der Waals surface area contributed by atoms with E-state index in [1.807, 2.05) is 57.3 Å². The van der Waals surface area contributed by atoms with Crippen molar-refractivity contribution in [3.63, 3.8) is 0 Å². The number of carbonyl (C=O) groups excluding carboxylic acids is 3. The first kappa shape index (κ1) is 43.8. The smallest absolute Gasteiger partial charge is 0.306 e. The molecule has 1 aromatic carbocycles. The molecule has 1 aliphatic heterocycles. The highest BCUT2D eigenvalue weighted by Gasteiger charge is 2.64. The third kappa shape index (κ3) is 9.79. The number of ether oxygens (including phenoxy) is 3. The Morgan fingerprint density at radius 1 is 1.14 bits per heavy atom. The summed E-state index contributed by atoms with van der Waals surface area (Å²) in [5, 5.41) is 5.80. The lowest BCUT2D eigenvalue weighted by molar-refractivity contribution is -0.156. The number of allylic oxidation sites excluding steroid dienone is 1. The molecule has 2 aliphatic carbocycles. The summed E-state index contributed by atoms with van der Waals surface area (Å²) in [6, 6.07) is 7.10. The van der Waals surface area contributed by atoms with Gasteiger partial charge in [-0.05, 0) is 75.8 Å². The van der Waals surface area contributed by atoms with Crippen LogP contribution in [0.25, 0.3) is 22.3 Å². The van der Waals surface area contributed by atoms with Gasteiger partial charge in [0.25, 0.3) is 0 Å². The summed E-state index contributed by atoms with van der Waals surface area (Å²) in [6.45, 7) is 15.9. The maximum absolute atomic E-state index is 14.8. The Kier molecular flexibility index (Phi) is 13.4. The maximum Gasteiger partial charge on any atom is 0.306 e. The van der Waals surface area contributed by atoms with Gasteiger partial charge >= 0.3 is 5.97 Å². The Morgan fingerprint density at radius 2 is 1.88 bits per heavy atom. The number of methoxy groups -OCH3 is 1. The standard InChI is InChI=1S/C44H61N4O8PS/c1-9-17-57(52,53)44(23-28(44)10-2)24-30(49)18-29-19-33(25-48(29)41(51)35(43(5,6)7)21-40(50)56-31-13-11-12-14-31)55-39-22-37(38-26-58-42(47-38)45-27(3)4)46-36-20-32(54-8)15-16-34(36)39/h10,15-16,20,22,26-29,31,33,35H,2,9,11-14,17-19,21,23-25H2,1,3-8H3,(H,45,47)(H,52,53)/t28-,29?,33-,35-,44-/m1/s1. The number of aromatic nitrogens is 2. The van der Waals surface area contributed by atoms with E-state index in [1.54, 1.807) is 18.1 Å². The van der Waals surface area contributed by atoms with E-state index >= 15 is 0 Å². The Bertz CT molecular complexity index is 2040. The first-order valence-electron chi connectivity index (χ1n) is 20.8. The average molecular weight is 837 g/mol. The number of ketones is 1. The second-order valence-corrected chi connectivity index (χ2v) is 21.5. The van der Waals surface area contributed by atoms with Crippen molar-refractivity contribution in [3.8, 4) is 22.9 Å². The van der Waals surface area contributed by atoms with E-state index in [0.717, 1.165) is 36.2 Å². The summed E-state index contributed by atoms with van der Waals surface area (Å²) in [6.07, 6.45) is 6.10. The zero-order chi connectivity index (χ0) is 42.0. The van der Waals surface area contributed by atoms with Crippen molar-refractivity contribution in [1.29, 1.82) is 0 Å². The molecule has 1 amide bonds. The van der Waals surface area contributed by atoms with Crippen LogP contribution < -0.4 is 14.8 Å². The molecule has 3 heterocycles. The molecule has 14 heteroatoms. The molecule has 3 aliphatic rings. The molecule has 3 aromatic rings. The van der Waals surface area contributed by atoms with E-state index in [-0.39, 0.29) is 67.7 Å². The second kappa shape index (κ2) is 17.8. The van der Waals surface area contributed by atoms with Gasteiger partial charge in [-0.2, -0.15) is 0 Å². The van der Waals surface area contributed by atoms with Crippen molar-refractivity contribution in [3.05, 3.63) is 42.3 Å². The minimum atomic E-state index is -3.65. The average Bonchev–Trinajstić information content (AvgIpc) is 3.53. The number of likely N-dealkylation sites (tertiary alicyclic amines) is 1. The van der Waals surface area contributed by atoms with Crippen LogP contribution in [-0.4, -0.2) is 86.7 Å². The highest BCUT2D eigenvalue weighted by molar-refractivity contribution is 7.60. The number of Topliss-reactive ketones (excluding diaryl/α,β-unsaturated/α-hetero) is 1. The van der Waals surface area contributed by atoms with Gasteiger partial charge in [-0.3, -0.25) is 18.9 Å². The minimum absolute atomic E-state index is 0.00326. The largest absolute Gasteiger partial charge is 0.497 e. The molecule has 0 radical (unpaired) electrons. The lowest BCUT2D eigenvalue weighted by atomic mass is 9.77. The summed E-state index contributed by atoms with van der Waals surface area (Å²) in [4.78, 5) is 64.8. The van der Waals surface area contributed by atoms with Crippen LogP contribution in [0.1, 0.15) is 106 Å². The van der Waals surface area contributed by atoms with Crippen LogP contribution in [0.2, 0.25) is 0 Å². The molecule has 2 aromatic heterocycles. The highest BCUT2D eigenvalue weighted by Crippen LogP contribution is 2.73. The number of amides is 1. The molecule has 0 bridgehead atoms. The van der Waals surface area contributed by atoms with Gasteiger partial charge in [0.2, 0.25) is 13.3 Å². The quantitative estimate of drug-likeness (QED) is 0.0716. The van der Waals surface area contributed by atoms with Gasteiger partial charge in [0.05, 0.1) is 42.4 Å². The molecule has 316 valence electrons. The van der Waals surface area contributed by atoms with Gasteiger partial charge in [0.15, 0.2) is 5.13 Å². The molecule has 6 rings (SSSR count). The number of pyridine rings is 1. The van der Waals surface area contributed by atoms with Crippen LogP contribution in [0.3, 0.4) is 0 Å². The minimum Gasteiger partial charge on any atom is -0.497 e. The van der Waals surface area contributed by atoms with Crippen molar-refractivity contribution in [2.45, 2.75) is 135 Å². The fourth-order valence-corrected chi connectivity index (χ4v) is 12.2. The molecule has 2 saturated carbocycles. The van der Waals surface area contributed by atoms with Crippen LogP contribution in [0, 0.1) is 17.3 Å². The van der Waals surface area contributed by atoms with E-state index in [1.165, 1.54) is 11.3 Å². The molecule has 2 unspecified atom stereocenters. The molecule has 12 nitrogen and oxygen atoms in total. The summed E-state index contributed by atoms with van der Waals surface area (Å²) < 4.78 is 31.8. The topological polar surface area (TPSA) is 157 Å². The molecule has 2 N–H and O–H groups in total. The molecule has 3 fully saturated rings. The number of hydrogen-bond acceptors (Lipinski definition) is 11. The Hall–Kier alpha value is -3.80. The van der Waals surface area contributed by atoms with E-state index in [0.29, 0.717) is 47.7 Å². The first-order valence-corrected chi connectivity index (χ1v) is 23.5. The number of carbonyl (C=O) groups is 3. The zero-order valence-electron chi connectivity index (χ0n) is 35.1. The number of hydrogen-bond donors (Lipinski definition) is 2. The third-order valence-corrected chi connectivity index (χ3v) is 15.9. The van der Waals surface area contributed by atoms with Crippen molar-refractivity contribution in [2.24, 2.45) is 17.3 Å². The molecule has 0 spiro atoms. The predicted octanol–water partition coefficient (Wildman–Crippen LogP) is 9.05. The summed E-state index contributed by atoms with van der Waals surface area (Å²) in [5.74, 6) is -0.532.